The van der Waals surface area contributed by atoms with Crippen LogP contribution in [0.1, 0.15) is 12.8 Å². The van der Waals surface area contributed by atoms with Crippen molar-refractivity contribution in [2.45, 2.75) is 17.7 Å². The van der Waals surface area contributed by atoms with Gasteiger partial charge in [-0.1, -0.05) is 18.2 Å². The van der Waals surface area contributed by atoms with Crippen LogP contribution in [0.5, 0.6) is 0 Å². The van der Waals surface area contributed by atoms with E-state index in [0.29, 0.717) is 4.90 Å². The van der Waals surface area contributed by atoms with E-state index in [0.717, 1.165) is 19.6 Å². The minimum Gasteiger partial charge on any atom is -0.334 e. The number of likely N-dealkylation sites (tertiary alicyclic amines) is 1. The lowest BCUT2D eigenvalue weighted by Gasteiger charge is -2.11. The second-order valence-electron chi connectivity index (χ2n) is 4.34. The van der Waals surface area contributed by atoms with Gasteiger partial charge >= 0.3 is 0 Å². The molecule has 1 aromatic carbocycles. The van der Waals surface area contributed by atoms with Crippen molar-refractivity contribution in [1.29, 1.82) is 0 Å². The first-order chi connectivity index (χ1) is 7.68. The largest absolute Gasteiger partial charge is 0.334 e. The quantitative estimate of drug-likeness (QED) is 0.813. The summed E-state index contributed by atoms with van der Waals surface area (Å²) in [5, 5.41) is 0. The Morgan fingerprint density at radius 2 is 1.69 bits per heavy atom. The smallest absolute Gasteiger partial charge is 0.183 e. The molecular formula is C12H18NO2S+. The number of quaternary nitrogens is 1. The fourth-order valence-electron chi connectivity index (χ4n) is 2.15. The Kier molecular flexibility index (Phi) is 3.61. The molecular weight excluding hydrogens is 222 g/mol. The number of sulfone groups is 1. The third-order valence-corrected chi connectivity index (χ3v) is 4.87. The zero-order valence-corrected chi connectivity index (χ0v) is 10.2. The monoisotopic (exact) mass is 240 g/mol. The molecule has 1 aliphatic heterocycles. The van der Waals surface area contributed by atoms with Crippen molar-refractivity contribution < 1.29 is 13.3 Å². The predicted molar refractivity (Wildman–Crippen MR) is 63.3 cm³/mol. The van der Waals surface area contributed by atoms with Crippen LogP contribution in [0.3, 0.4) is 0 Å². The Morgan fingerprint density at radius 1 is 1.06 bits per heavy atom. The standard InChI is InChI=1S/C12H17NO2S/c14-16(15,12-6-2-1-3-7-12)11-10-13-8-4-5-9-13/h1-3,6-7H,4-5,8-11H2/p+1. The number of hydrogen-bond acceptors (Lipinski definition) is 2. The lowest BCUT2D eigenvalue weighted by molar-refractivity contribution is -0.884. The zero-order chi connectivity index (χ0) is 11.4. The van der Waals surface area contributed by atoms with Crippen LogP contribution in [0.25, 0.3) is 0 Å². The van der Waals surface area contributed by atoms with Gasteiger partial charge in [-0.25, -0.2) is 8.42 Å². The molecule has 0 amide bonds. The first-order valence-electron chi connectivity index (χ1n) is 5.80. The highest BCUT2D eigenvalue weighted by Gasteiger charge is 2.20. The van der Waals surface area contributed by atoms with Crippen LogP contribution in [0.4, 0.5) is 0 Å². The topological polar surface area (TPSA) is 38.6 Å². The molecule has 0 bridgehead atoms. The summed E-state index contributed by atoms with van der Waals surface area (Å²) in [6.07, 6.45) is 2.47. The zero-order valence-electron chi connectivity index (χ0n) is 9.35. The minimum atomic E-state index is -3.07. The molecule has 0 radical (unpaired) electrons. The third kappa shape index (κ3) is 2.83. The van der Waals surface area contributed by atoms with E-state index in [2.05, 4.69) is 0 Å². The average molecular weight is 240 g/mol. The Hall–Kier alpha value is -0.870. The highest BCUT2D eigenvalue weighted by molar-refractivity contribution is 7.91. The summed E-state index contributed by atoms with van der Waals surface area (Å²) in [6.45, 7) is 3.01. The van der Waals surface area contributed by atoms with Crippen molar-refractivity contribution in [3.05, 3.63) is 30.3 Å². The molecule has 0 aliphatic carbocycles. The molecule has 0 unspecified atom stereocenters. The van der Waals surface area contributed by atoms with Crippen molar-refractivity contribution in [2.75, 3.05) is 25.4 Å². The molecule has 1 N–H and O–H groups in total. The van der Waals surface area contributed by atoms with Gasteiger partial charge < -0.3 is 4.90 Å². The van der Waals surface area contributed by atoms with Crippen molar-refractivity contribution in [3.8, 4) is 0 Å². The number of rotatable bonds is 4. The van der Waals surface area contributed by atoms with Crippen LogP contribution in [0.15, 0.2) is 35.2 Å². The van der Waals surface area contributed by atoms with Crippen LogP contribution in [-0.4, -0.2) is 33.8 Å². The molecule has 0 saturated carbocycles. The van der Waals surface area contributed by atoms with Crippen molar-refractivity contribution in [1.82, 2.24) is 0 Å². The van der Waals surface area contributed by atoms with Gasteiger partial charge in [-0.3, -0.25) is 0 Å². The highest BCUT2D eigenvalue weighted by Crippen LogP contribution is 2.08. The van der Waals surface area contributed by atoms with Gasteiger partial charge in [-0.05, 0) is 12.1 Å². The van der Waals surface area contributed by atoms with Crippen molar-refractivity contribution in [3.63, 3.8) is 0 Å². The highest BCUT2D eigenvalue weighted by atomic mass is 32.2. The Balaban J connectivity index is 1.98. The van der Waals surface area contributed by atoms with E-state index in [1.54, 1.807) is 24.3 Å². The summed E-state index contributed by atoms with van der Waals surface area (Å²) in [7, 11) is -3.07. The van der Waals surface area contributed by atoms with Gasteiger partial charge in [-0.2, -0.15) is 0 Å². The van der Waals surface area contributed by atoms with Gasteiger partial charge in [0.25, 0.3) is 0 Å². The maximum Gasteiger partial charge on any atom is 0.183 e. The fraction of sp³-hybridized carbons (Fsp3) is 0.500. The van der Waals surface area contributed by atoms with Gasteiger partial charge in [0.15, 0.2) is 9.84 Å². The van der Waals surface area contributed by atoms with Crippen molar-refractivity contribution >= 4 is 9.84 Å². The summed E-state index contributed by atoms with van der Waals surface area (Å²) in [5.41, 5.74) is 0. The summed E-state index contributed by atoms with van der Waals surface area (Å²) in [5.74, 6) is 0.270. The normalized spacial score (nSPS) is 17.8. The molecule has 16 heavy (non-hydrogen) atoms. The number of nitrogens with one attached hydrogen (secondary N) is 1. The van der Waals surface area contributed by atoms with E-state index in [-0.39, 0.29) is 5.75 Å². The van der Waals surface area contributed by atoms with E-state index in [1.807, 2.05) is 6.07 Å². The SMILES string of the molecule is O=S(=O)(CC[NH+]1CCCC1)c1ccccc1. The molecule has 0 atom stereocenters. The van der Waals surface area contributed by atoms with E-state index >= 15 is 0 Å². The minimum absolute atomic E-state index is 0.270. The van der Waals surface area contributed by atoms with Crippen molar-refractivity contribution in [2.24, 2.45) is 0 Å². The first-order valence-corrected chi connectivity index (χ1v) is 7.45. The van der Waals surface area contributed by atoms with Gasteiger partial charge in [0.2, 0.25) is 0 Å². The Labute approximate surface area is 97.0 Å². The van der Waals surface area contributed by atoms with Gasteiger partial charge in [-0.15, -0.1) is 0 Å². The molecule has 1 fully saturated rings. The number of hydrogen-bond donors (Lipinski definition) is 1. The summed E-state index contributed by atoms with van der Waals surface area (Å²) < 4.78 is 24.0. The van der Waals surface area contributed by atoms with Crippen LogP contribution in [0, 0.1) is 0 Å². The number of benzene rings is 1. The molecule has 4 heteroatoms. The van der Waals surface area contributed by atoms with E-state index < -0.39 is 9.84 Å². The first kappa shape index (κ1) is 11.6. The van der Waals surface area contributed by atoms with Crippen LogP contribution in [0.2, 0.25) is 0 Å². The van der Waals surface area contributed by atoms with Crippen LogP contribution >= 0.6 is 0 Å². The molecule has 1 aromatic rings. The lowest BCUT2D eigenvalue weighted by atomic mass is 10.4. The fourth-order valence-corrected chi connectivity index (χ4v) is 3.51. The molecule has 3 nitrogen and oxygen atoms in total. The second kappa shape index (κ2) is 4.97. The van der Waals surface area contributed by atoms with Crippen LogP contribution in [-0.2, 0) is 9.84 Å². The van der Waals surface area contributed by atoms with E-state index in [4.69, 9.17) is 0 Å². The molecule has 0 spiro atoms. The summed E-state index contributed by atoms with van der Waals surface area (Å²) in [4.78, 5) is 1.88. The lowest BCUT2D eigenvalue weighted by Crippen LogP contribution is -3.10. The second-order valence-corrected chi connectivity index (χ2v) is 6.45. The van der Waals surface area contributed by atoms with E-state index in [9.17, 15) is 8.42 Å². The van der Waals surface area contributed by atoms with Gasteiger partial charge in [0, 0.05) is 12.8 Å². The summed E-state index contributed by atoms with van der Waals surface area (Å²) in [6, 6.07) is 8.74. The van der Waals surface area contributed by atoms with Gasteiger partial charge in [0.05, 0.1) is 24.5 Å². The predicted octanol–water partition coefficient (Wildman–Crippen LogP) is 0.139. The Bertz CT molecular complexity index is 422. The molecule has 2 rings (SSSR count). The maximum atomic E-state index is 12.0. The third-order valence-electron chi connectivity index (χ3n) is 3.14. The van der Waals surface area contributed by atoms with Crippen LogP contribution < -0.4 is 4.90 Å². The average Bonchev–Trinajstić information content (AvgIpc) is 2.81. The molecule has 1 saturated heterocycles. The van der Waals surface area contributed by atoms with Gasteiger partial charge in [0.1, 0.15) is 5.75 Å². The maximum absolute atomic E-state index is 12.0. The molecule has 1 heterocycles. The molecule has 1 aliphatic rings. The molecule has 88 valence electrons. The Morgan fingerprint density at radius 3 is 2.31 bits per heavy atom. The summed E-state index contributed by atoms with van der Waals surface area (Å²) >= 11 is 0. The van der Waals surface area contributed by atoms with E-state index in [1.165, 1.54) is 17.7 Å². The molecule has 0 aromatic heterocycles.